The summed E-state index contributed by atoms with van der Waals surface area (Å²) in [5.41, 5.74) is 0.396. The van der Waals surface area contributed by atoms with Crippen molar-refractivity contribution < 1.29 is 19.1 Å². The van der Waals surface area contributed by atoms with E-state index in [0.29, 0.717) is 17.7 Å². The van der Waals surface area contributed by atoms with Crippen LogP contribution in [0.1, 0.15) is 23.2 Å². The van der Waals surface area contributed by atoms with Crippen LogP contribution in [0.3, 0.4) is 0 Å². The lowest BCUT2D eigenvalue weighted by atomic mass is 10.1. The van der Waals surface area contributed by atoms with Gasteiger partial charge in [-0.15, -0.1) is 11.3 Å². The highest BCUT2D eigenvalue weighted by Gasteiger charge is 2.28. The van der Waals surface area contributed by atoms with E-state index in [-0.39, 0.29) is 18.2 Å². The zero-order chi connectivity index (χ0) is 13.1. The number of piperidine rings is 1. The van der Waals surface area contributed by atoms with Crippen molar-refractivity contribution in [3.63, 3.8) is 0 Å². The summed E-state index contributed by atoms with van der Waals surface area (Å²) in [5.74, 6) is -0.667. The highest BCUT2D eigenvalue weighted by Crippen LogP contribution is 2.23. The maximum Gasteiger partial charge on any atom is 0.256 e. The van der Waals surface area contributed by atoms with Gasteiger partial charge < -0.3 is 10.1 Å². The molecule has 2 N–H and O–H groups in total. The lowest BCUT2D eigenvalue weighted by Crippen LogP contribution is -2.52. The largest absolute Gasteiger partial charge is 0.495 e. The van der Waals surface area contributed by atoms with Gasteiger partial charge in [0.1, 0.15) is 11.8 Å². The molecule has 1 saturated heterocycles. The Morgan fingerprint density at radius 1 is 1.50 bits per heavy atom. The summed E-state index contributed by atoms with van der Waals surface area (Å²) in [6.45, 7) is 0. The van der Waals surface area contributed by atoms with Crippen molar-refractivity contribution in [2.45, 2.75) is 18.9 Å². The molecule has 96 valence electrons. The molecule has 1 aliphatic heterocycles. The van der Waals surface area contributed by atoms with E-state index in [9.17, 15) is 14.4 Å². The van der Waals surface area contributed by atoms with Gasteiger partial charge in [-0.3, -0.25) is 19.7 Å². The molecule has 0 aliphatic carbocycles. The van der Waals surface area contributed by atoms with E-state index >= 15 is 0 Å². The van der Waals surface area contributed by atoms with E-state index in [1.165, 1.54) is 18.4 Å². The predicted molar refractivity (Wildman–Crippen MR) is 64.5 cm³/mol. The smallest absolute Gasteiger partial charge is 0.256 e. The SMILES string of the molecule is COc1cscc1C(=O)N[C@H]1CCC(=O)NC1=O. The molecule has 1 aromatic rings. The lowest BCUT2D eigenvalue weighted by Gasteiger charge is -2.21. The van der Waals surface area contributed by atoms with Crippen LogP contribution in [0.25, 0.3) is 0 Å². The fourth-order valence-corrected chi connectivity index (χ4v) is 2.45. The standard InChI is InChI=1S/C11H12N2O4S/c1-17-8-5-18-4-6(8)10(15)12-7-2-3-9(14)13-11(7)16/h4-5,7H,2-3H2,1H3,(H,12,15)(H,13,14,16)/t7-/m0/s1. The molecule has 2 rings (SSSR count). The molecule has 7 heteroatoms. The Labute approximate surface area is 107 Å². The molecule has 0 radical (unpaired) electrons. The summed E-state index contributed by atoms with van der Waals surface area (Å²) < 4.78 is 5.03. The molecule has 18 heavy (non-hydrogen) atoms. The lowest BCUT2D eigenvalue weighted by molar-refractivity contribution is -0.134. The minimum Gasteiger partial charge on any atom is -0.495 e. The number of methoxy groups -OCH3 is 1. The monoisotopic (exact) mass is 268 g/mol. The van der Waals surface area contributed by atoms with E-state index in [0.717, 1.165) is 0 Å². The molecule has 1 atom stereocenters. The number of hydrogen-bond donors (Lipinski definition) is 2. The molecule has 0 saturated carbocycles. The third-order valence-corrected chi connectivity index (χ3v) is 3.36. The maximum absolute atomic E-state index is 11.9. The van der Waals surface area contributed by atoms with Crippen LogP contribution in [0.2, 0.25) is 0 Å². The summed E-state index contributed by atoms with van der Waals surface area (Å²) in [6.07, 6.45) is 0.556. The topological polar surface area (TPSA) is 84.5 Å². The second kappa shape index (κ2) is 5.18. The van der Waals surface area contributed by atoms with E-state index in [2.05, 4.69) is 10.6 Å². The zero-order valence-electron chi connectivity index (χ0n) is 9.69. The summed E-state index contributed by atoms with van der Waals surface area (Å²) >= 11 is 1.34. The van der Waals surface area contributed by atoms with Crippen LogP contribution in [0, 0.1) is 0 Å². The Balaban J connectivity index is 2.03. The van der Waals surface area contributed by atoms with Crippen molar-refractivity contribution in [1.29, 1.82) is 0 Å². The Bertz CT molecular complexity index is 497. The summed E-state index contributed by atoms with van der Waals surface area (Å²) in [4.78, 5) is 34.4. The molecule has 6 nitrogen and oxygen atoms in total. The van der Waals surface area contributed by atoms with Crippen molar-refractivity contribution in [3.8, 4) is 5.75 Å². The Hall–Kier alpha value is -1.89. The van der Waals surface area contributed by atoms with Gasteiger partial charge in [-0.2, -0.15) is 0 Å². The average molecular weight is 268 g/mol. The second-order valence-corrected chi connectivity index (χ2v) is 4.57. The first kappa shape index (κ1) is 12.6. The van der Waals surface area contributed by atoms with Crippen LogP contribution in [0.4, 0.5) is 0 Å². The van der Waals surface area contributed by atoms with Gasteiger partial charge in [0, 0.05) is 17.2 Å². The highest BCUT2D eigenvalue weighted by molar-refractivity contribution is 7.08. The van der Waals surface area contributed by atoms with Crippen LogP contribution in [-0.2, 0) is 9.59 Å². The molecule has 0 unspecified atom stereocenters. The third kappa shape index (κ3) is 2.51. The van der Waals surface area contributed by atoms with Crippen LogP contribution in [0.5, 0.6) is 5.75 Å². The molecule has 1 fully saturated rings. The zero-order valence-corrected chi connectivity index (χ0v) is 10.5. The van der Waals surface area contributed by atoms with Crippen LogP contribution in [-0.4, -0.2) is 30.9 Å². The first-order valence-electron chi connectivity index (χ1n) is 5.36. The van der Waals surface area contributed by atoms with Crippen molar-refractivity contribution in [3.05, 3.63) is 16.3 Å². The molecule has 1 aliphatic rings. The second-order valence-electron chi connectivity index (χ2n) is 3.83. The molecule has 0 bridgehead atoms. The number of amides is 3. The van der Waals surface area contributed by atoms with E-state index < -0.39 is 11.9 Å². The quantitative estimate of drug-likeness (QED) is 0.772. The number of imide groups is 1. The number of nitrogens with one attached hydrogen (secondary N) is 2. The molecular weight excluding hydrogens is 256 g/mol. The summed E-state index contributed by atoms with van der Waals surface area (Å²) in [5, 5.41) is 8.14. The van der Waals surface area contributed by atoms with Crippen molar-refractivity contribution in [1.82, 2.24) is 10.6 Å². The Morgan fingerprint density at radius 2 is 2.28 bits per heavy atom. The fraction of sp³-hybridized carbons (Fsp3) is 0.364. The van der Waals surface area contributed by atoms with Crippen LogP contribution < -0.4 is 15.4 Å². The fourth-order valence-electron chi connectivity index (χ4n) is 1.68. The normalized spacial score (nSPS) is 19.3. The molecule has 1 aromatic heterocycles. The van der Waals surface area contributed by atoms with E-state index in [1.807, 2.05) is 0 Å². The van der Waals surface area contributed by atoms with Gasteiger partial charge in [0.2, 0.25) is 11.8 Å². The van der Waals surface area contributed by atoms with E-state index in [4.69, 9.17) is 4.74 Å². The highest BCUT2D eigenvalue weighted by atomic mass is 32.1. The van der Waals surface area contributed by atoms with Gasteiger partial charge in [0.25, 0.3) is 5.91 Å². The Kier molecular flexibility index (Phi) is 3.61. The minimum atomic E-state index is -0.667. The van der Waals surface area contributed by atoms with Gasteiger partial charge in [-0.25, -0.2) is 0 Å². The number of thiophene rings is 1. The van der Waals surface area contributed by atoms with Crippen molar-refractivity contribution >= 4 is 29.1 Å². The van der Waals surface area contributed by atoms with Gasteiger partial charge >= 0.3 is 0 Å². The summed E-state index contributed by atoms with van der Waals surface area (Å²) in [6, 6.07) is -0.667. The number of ether oxygens (including phenoxy) is 1. The molecular formula is C11H12N2O4S. The Morgan fingerprint density at radius 3 is 2.94 bits per heavy atom. The minimum absolute atomic E-state index is 0.234. The first-order chi connectivity index (χ1) is 8.61. The molecule has 0 aromatic carbocycles. The van der Waals surface area contributed by atoms with Crippen molar-refractivity contribution in [2.75, 3.05) is 7.11 Å². The van der Waals surface area contributed by atoms with Gasteiger partial charge in [0.05, 0.1) is 12.7 Å². The predicted octanol–water partition coefficient (Wildman–Crippen LogP) is 0.292. The number of hydrogen-bond acceptors (Lipinski definition) is 5. The maximum atomic E-state index is 11.9. The number of rotatable bonds is 3. The van der Waals surface area contributed by atoms with Crippen molar-refractivity contribution in [2.24, 2.45) is 0 Å². The average Bonchev–Trinajstić information content (AvgIpc) is 2.81. The van der Waals surface area contributed by atoms with Gasteiger partial charge in [0.15, 0.2) is 0 Å². The summed E-state index contributed by atoms with van der Waals surface area (Å²) in [7, 11) is 1.48. The van der Waals surface area contributed by atoms with E-state index in [1.54, 1.807) is 10.8 Å². The number of carbonyl (C=O) groups is 3. The van der Waals surface area contributed by atoms with Gasteiger partial charge in [-0.05, 0) is 6.42 Å². The third-order valence-electron chi connectivity index (χ3n) is 2.64. The van der Waals surface area contributed by atoms with Crippen LogP contribution in [0.15, 0.2) is 10.8 Å². The molecule has 0 spiro atoms. The number of carbonyl (C=O) groups excluding carboxylic acids is 3. The first-order valence-corrected chi connectivity index (χ1v) is 6.31. The van der Waals surface area contributed by atoms with Crippen LogP contribution >= 0.6 is 11.3 Å². The molecule has 3 amide bonds. The van der Waals surface area contributed by atoms with Gasteiger partial charge in [-0.1, -0.05) is 0 Å². The molecule has 2 heterocycles.